The normalized spacial score (nSPS) is 19.5. The van der Waals surface area contributed by atoms with Crippen LogP contribution in [-0.4, -0.2) is 70.1 Å². The number of ether oxygens (including phenoxy) is 5. The second-order valence-corrected chi connectivity index (χ2v) is 14.6. The molecule has 0 N–H and O–H groups in total. The summed E-state index contributed by atoms with van der Waals surface area (Å²) in [5.74, 6) is -2.80. The number of non-ortho nitro benzene ring substituents is 1. The first kappa shape index (κ1) is 37.0. The Morgan fingerprint density at radius 2 is 1.43 bits per heavy atom. The molecule has 3 atom stereocenters. The van der Waals surface area contributed by atoms with Crippen molar-refractivity contribution in [3.05, 3.63) is 93.5 Å². The van der Waals surface area contributed by atoms with Crippen LogP contribution in [0.25, 0.3) is 11.1 Å². The quantitative estimate of drug-likeness (QED) is 0.0776. The molecule has 1 aliphatic heterocycles. The molecule has 1 aliphatic carbocycles. The number of alkyl halides is 2. The molecule has 12 nitrogen and oxygen atoms in total. The van der Waals surface area contributed by atoms with Gasteiger partial charge in [0.15, 0.2) is 12.2 Å². The molecular formula is C37H40F2N2O10. The van der Waals surface area contributed by atoms with Gasteiger partial charge in [-0.2, -0.15) is 0 Å². The number of carbonyl (C=O) groups excluding carboxylic acids is 3. The summed E-state index contributed by atoms with van der Waals surface area (Å²) < 4.78 is 55.7. The van der Waals surface area contributed by atoms with Gasteiger partial charge in [0.1, 0.15) is 17.0 Å². The number of amides is 1. The van der Waals surface area contributed by atoms with Crippen molar-refractivity contribution >= 4 is 24.1 Å². The zero-order valence-electron chi connectivity index (χ0n) is 29.1. The Hall–Kier alpha value is -5.27. The van der Waals surface area contributed by atoms with Gasteiger partial charge in [-0.15, -0.1) is 0 Å². The van der Waals surface area contributed by atoms with Crippen LogP contribution in [0, 0.1) is 10.1 Å². The molecule has 0 spiro atoms. The fraction of sp³-hybridized carbons (Fsp3) is 0.432. The van der Waals surface area contributed by atoms with E-state index in [0.717, 1.165) is 23.3 Å². The van der Waals surface area contributed by atoms with E-state index in [1.54, 1.807) is 71.9 Å². The van der Waals surface area contributed by atoms with Crippen LogP contribution in [0.2, 0.25) is 0 Å². The van der Waals surface area contributed by atoms with E-state index in [-0.39, 0.29) is 37.2 Å². The van der Waals surface area contributed by atoms with Crippen molar-refractivity contribution in [2.45, 2.75) is 96.2 Å². The number of nitro groups is 1. The molecule has 51 heavy (non-hydrogen) atoms. The van der Waals surface area contributed by atoms with E-state index in [0.29, 0.717) is 16.7 Å². The molecule has 0 radical (unpaired) electrons. The number of carbonyl (C=O) groups is 3. The van der Waals surface area contributed by atoms with E-state index < -0.39 is 58.7 Å². The molecule has 0 bridgehead atoms. The van der Waals surface area contributed by atoms with E-state index in [2.05, 4.69) is 0 Å². The molecule has 0 unspecified atom stereocenters. The van der Waals surface area contributed by atoms with Gasteiger partial charge in [-0.3, -0.25) is 15.0 Å². The maximum Gasteiger partial charge on any atom is 0.514 e. The SMILES string of the molecule is CC(C)(C)OC(=O)O[C@H]1CN(C(=O)OC(C)(C)C)[C@H](Cc2ccc(-c3ccc4c(c3)CC(F)(F)C4)cc2)[C@@H]1OC(=O)Oc1ccc([N+](=O)[O-])cc1. The minimum atomic E-state index is -2.76. The Morgan fingerprint density at radius 1 is 0.824 bits per heavy atom. The number of benzene rings is 3. The molecule has 3 aromatic rings. The van der Waals surface area contributed by atoms with E-state index in [1.165, 1.54) is 17.0 Å². The van der Waals surface area contributed by atoms with Crippen molar-refractivity contribution < 1.29 is 51.8 Å². The molecule has 272 valence electrons. The Bertz CT molecular complexity index is 1780. The summed E-state index contributed by atoms with van der Waals surface area (Å²) in [7, 11) is 0. The average molecular weight is 711 g/mol. The van der Waals surface area contributed by atoms with Gasteiger partial charge >= 0.3 is 18.4 Å². The highest BCUT2D eigenvalue weighted by molar-refractivity contribution is 5.71. The first-order valence-electron chi connectivity index (χ1n) is 16.4. The van der Waals surface area contributed by atoms with Crippen molar-refractivity contribution in [1.29, 1.82) is 0 Å². The molecule has 1 fully saturated rings. The lowest BCUT2D eigenvalue weighted by Gasteiger charge is -2.30. The van der Waals surface area contributed by atoms with Gasteiger partial charge in [0.25, 0.3) is 11.6 Å². The van der Waals surface area contributed by atoms with E-state index >= 15 is 0 Å². The second kappa shape index (κ2) is 14.2. The molecule has 5 rings (SSSR count). The molecule has 1 amide bonds. The lowest BCUT2D eigenvalue weighted by Crippen LogP contribution is -2.45. The van der Waals surface area contributed by atoms with Crippen LogP contribution in [0.4, 0.5) is 28.9 Å². The molecule has 0 saturated carbocycles. The molecule has 0 aromatic heterocycles. The Balaban J connectivity index is 1.42. The first-order valence-corrected chi connectivity index (χ1v) is 16.4. The number of hydrogen-bond acceptors (Lipinski definition) is 10. The number of fused-ring (bicyclic) bond motifs is 1. The molecular weight excluding hydrogens is 670 g/mol. The topological polar surface area (TPSA) is 144 Å². The number of likely N-dealkylation sites (tertiary alicyclic amines) is 1. The third-order valence-corrected chi connectivity index (χ3v) is 8.11. The fourth-order valence-electron chi connectivity index (χ4n) is 5.98. The van der Waals surface area contributed by atoms with Crippen molar-refractivity contribution in [1.82, 2.24) is 4.90 Å². The van der Waals surface area contributed by atoms with Crippen LogP contribution in [-0.2, 0) is 38.2 Å². The summed E-state index contributed by atoms with van der Waals surface area (Å²) in [6.45, 7) is 9.81. The third-order valence-electron chi connectivity index (χ3n) is 8.11. The molecule has 2 aliphatic rings. The summed E-state index contributed by atoms with van der Waals surface area (Å²) in [4.78, 5) is 51.3. The van der Waals surface area contributed by atoms with Gasteiger partial charge in [0.2, 0.25) is 0 Å². The smallest absolute Gasteiger partial charge is 0.444 e. The highest BCUT2D eigenvalue weighted by Crippen LogP contribution is 2.37. The van der Waals surface area contributed by atoms with E-state index in [9.17, 15) is 33.3 Å². The van der Waals surface area contributed by atoms with Crippen molar-refractivity contribution in [3.8, 4) is 16.9 Å². The monoisotopic (exact) mass is 710 g/mol. The summed E-state index contributed by atoms with van der Waals surface area (Å²) in [5.41, 5.74) is 1.50. The van der Waals surface area contributed by atoms with Crippen molar-refractivity contribution in [2.24, 2.45) is 0 Å². The number of hydrogen-bond donors (Lipinski definition) is 0. The lowest BCUT2D eigenvalue weighted by molar-refractivity contribution is -0.384. The van der Waals surface area contributed by atoms with Crippen molar-refractivity contribution in [3.63, 3.8) is 0 Å². The largest absolute Gasteiger partial charge is 0.514 e. The highest BCUT2D eigenvalue weighted by Gasteiger charge is 2.50. The first-order chi connectivity index (χ1) is 23.7. The minimum Gasteiger partial charge on any atom is -0.444 e. The maximum absolute atomic E-state index is 14.0. The Morgan fingerprint density at radius 3 is 2.04 bits per heavy atom. The zero-order chi connectivity index (χ0) is 37.3. The summed E-state index contributed by atoms with van der Waals surface area (Å²) in [5, 5.41) is 11.0. The standard InChI is InChI=1S/C37H40F2N2O10/c1-35(2,3)50-32(42)40-21-30(48-34(44)51-36(4,5)6)31(49-33(43)47-28-15-13-27(14-16-28)41(45)46)29(40)17-22-7-9-23(10-8-22)24-11-12-25-19-37(38,39)20-26(25)18-24/h7-16,18,29-31H,17,19-21H2,1-6H3/t29-,30+,31+/m1/s1. The molecule has 3 aromatic carbocycles. The maximum atomic E-state index is 14.0. The van der Waals surface area contributed by atoms with Gasteiger partial charge < -0.3 is 23.7 Å². The average Bonchev–Trinajstić information content (AvgIpc) is 3.50. The van der Waals surface area contributed by atoms with Gasteiger partial charge in [0, 0.05) is 25.0 Å². The Kier molecular flexibility index (Phi) is 10.3. The predicted octanol–water partition coefficient (Wildman–Crippen LogP) is 8.06. The molecule has 14 heteroatoms. The number of rotatable bonds is 7. The van der Waals surface area contributed by atoms with Crippen LogP contribution in [0.15, 0.2) is 66.7 Å². The lowest BCUT2D eigenvalue weighted by atomic mass is 9.96. The molecule has 1 heterocycles. The fourth-order valence-corrected chi connectivity index (χ4v) is 5.98. The second-order valence-electron chi connectivity index (χ2n) is 14.6. The number of nitro benzene ring substituents is 1. The van der Waals surface area contributed by atoms with E-state index in [4.69, 9.17) is 23.7 Å². The summed E-state index contributed by atoms with van der Waals surface area (Å²) >= 11 is 0. The number of halogens is 2. The van der Waals surface area contributed by atoms with Gasteiger partial charge in [0.05, 0.1) is 17.5 Å². The van der Waals surface area contributed by atoms with Crippen LogP contribution in [0.1, 0.15) is 58.2 Å². The summed E-state index contributed by atoms with van der Waals surface area (Å²) in [6, 6.07) is 16.4. The highest BCUT2D eigenvalue weighted by atomic mass is 19.3. The zero-order valence-corrected chi connectivity index (χ0v) is 29.1. The third kappa shape index (κ3) is 9.71. The molecule has 1 saturated heterocycles. The van der Waals surface area contributed by atoms with Crippen LogP contribution < -0.4 is 4.74 Å². The van der Waals surface area contributed by atoms with Gasteiger partial charge in [-0.1, -0.05) is 42.5 Å². The van der Waals surface area contributed by atoms with Crippen LogP contribution in [0.3, 0.4) is 0 Å². The van der Waals surface area contributed by atoms with Crippen LogP contribution >= 0.6 is 0 Å². The minimum absolute atomic E-state index is 0.0420. The van der Waals surface area contributed by atoms with E-state index in [1.807, 2.05) is 12.1 Å². The Labute approximate surface area is 293 Å². The van der Waals surface area contributed by atoms with Crippen molar-refractivity contribution in [2.75, 3.05) is 6.54 Å². The van der Waals surface area contributed by atoms with Gasteiger partial charge in [-0.05, 0) is 87.9 Å². The van der Waals surface area contributed by atoms with Gasteiger partial charge in [-0.25, -0.2) is 23.2 Å². The summed E-state index contributed by atoms with van der Waals surface area (Å²) in [6.07, 6.45) is -5.95. The van der Waals surface area contributed by atoms with Crippen LogP contribution in [0.5, 0.6) is 5.75 Å². The number of nitrogens with zero attached hydrogens (tertiary/aromatic N) is 2. The predicted molar refractivity (Wildman–Crippen MR) is 180 cm³/mol.